The van der Waals surface area contributed by atoms with E-state index in [0.717, 1.165) is 23.7 Å². The molecule has 1 saturated heterocycles. The van der Waals surface area contributed by atoms with Gasteiger partial charge in [0.05, 0.1) is 19.8 Å². The van der Waals surface area contributed by atoms with Gasteiger partial charge in [-0.3, -0.25) is 15.0 Å². The molecule has 7 heteroatoms. The van der Waals surface area contributed by atoms with E-state index in [1.54, 1.807) is 12.1 Å². The van der Waals surface area contributed by atoms with Crippen molar-refractivity contribution in [2.24, 2.45) is 0 Å². The van der Waals surface area contributed by atoms with Crippen LogP contribution < -0.4 is 0 Å². The van der Waals surface area contributed by atoms with E-state index in [1.165, 1.54) is 25.7 Å². The summed E-state index contributed by atoms with van der Waals surface area (Å²) < 4.78 is 5.16. The van der Waals surface area contributed by atoms with Gasteiger partial charge in [0.25, 0.3) is 0 Å². The van der Waals surface area contributed by atoms with E-state index in [0.29, 0.717) is 37.8 Å². The maximum absolute atomic E-state index is 10.6. The van der Waals surface area contributed by atoms with Gasteiger partial charge >= 0.3 is 0 Å². The Morgan fingerprint density at radius 3 is 2.58 bits per heavy atom. The largest absolute Gasteiger partial charge is 0.508 e. The third-order valence-electron chi connectivity index (χ3n) is 5.13. The van der Waals surface area contributed by atoms with Crippen LogP contribution in [0.5, 0.6) is 5.75 Å². The summed E-state index contributed by atoms with van der Waals surface area (Å²) in [5.41, 5.74) is 1.03. The molecule has 1 N–H and O–H groups in total. The minimum absolute atomic E-state index is 0.185. The monoisotopic (exact) mass is 384 g/mol. The molecule has 0 aromatic heterocycles. The first-order valence-electron chi connectivity index (χ1n) is 9.43. The van der Waals surface area contributed by atoms with Crippen LogP contribution in [0.4, 0.5) is 0 Å². The van der Waals surface area contributed by atoms with E-state index in [-0.39, 0.29) is 4.92 Å². The number of aromatic hydroxyl groups is 1. The Kier molecular flexibility index (Phi) is 8.62. The molecule has 1 heterocycles. The number of phenols is 1. The average Bonchev–Trinajstić information content (AvgIpc) is 3.17. The highest BCUT2D eigenvalue weighted by atomic mass is 35.5. The minimum atomic E-state index is -0.418. The molecule has 1 aliphatic carbocycles. The van der Waals surface area contributed by atoms with Crippen molar-refractivity contribution in [2.75, 3.05) is 32.8 Å². The summed E-state index contributed by atoms with van der Waals surface area (Å²) in [6.45, 7) is 5.47. The second-order valence-electron chi connectivity index (χ2n) is 6.94. The summed E-state index contributed by atoms with van der Waals surface area (Å²) in [5.74, 6) is 0.926. The van der Waals surface area contributed by atoms with Gasteiger partial charge < -0.3 is 9.84 Å². The van der Waals surface area contributed by atoms with Crippen molar-refractivity contribution in [3.63, 3.8) is 0 Å². The van der Waals surface area contributed by atoms with E-state index >= 15 is 0 Å². The Hall–Kier alpha value is -1.37. The normalized spacial score (nSPS) is 19.6. The van der Waals surface area contributed by atoms with E-state index in [1.807, 2.05) is 13.0 Å². The fourth-order valence-corrected chi connectivity index (χ4v) is 3.70. The fraction of sp³-hybridized carbons (Fsp3) is 0.684. The Morgan fingerprint density at radius 2 is 2.00 bits per heavy atom. The molecule has 6 nitrogen and oxygen atoms in total. The summed E-state index contributed by atoms with van der Waals surface area (Å²) in [6.07, 6.45) is 5.53. The number of hydrogen-bond acceptors (Lipinski definition) is 5. The molecule has 26 heavy (non-hydrogen) atoms. The zero-order valence-electron chi connectivity index (χ0n) is 15.4. The average molecular weight is 385 g/mol. The first kappa shape index (κ1) is 20.9. The van der Waals surface area contributed by atoms with E-state index in [2.05, 4.69) is 4.90 Å². The second-order valence-corrected chi connectivity index (χ2v) is 7.38. The third kappa shape index (κ3) is 6.41. The Bertz CT molecular complexity index is 573. The molecule has 1 aromatic rings. The summed E-state index contributed by atoms with van der Waals surface area (Å²) in [4.78, 5) is 12.5. The summed E-state index contributed by atoms with van der Waals surface area (Å²) >= 11 is 5.88. The number of hydrogen-bond donors (Lipinski definition) is 1. The van der Waals surface area contributed by atoms with Crippen molar-refractivity contribution < 1.29 is 14.8 Å². The van der Waals surface area contributed by atoms with E-state index in [4.69, 9.17) is 16.3 Å². The molecular formula is C19H29ClN2O4. The molecule has 0 bridgehead atoms. The Morgan fingerprint density at radius 1 is 1.35 bits per heavy atom. The number of nitrogens with zero attached hydrogens (tertiary/aromatic N) is 2. The first-order valence-corrected chi connectivity index (χ1v) is 9.81. The first-order chi connectivity index (χ1) is 12.5. The standard InChI is InChI=1S/C11H13ClO.C8H16N2O3/c12-9-5-6-11(13)10(7-9)8-3-1-2-4-8;1-2-8(10(11)12)7-9-3-5-13-6-4-9/h5-8,13H,1-4H2;8H,2-7H2,1H3. The van der Waals surface area contributed by atoms with Gasteiger partial charge in [0.15, 0.2) is 0 Å². The van der Waals surface area contributed by atoms with Crippen molar-refractivity contribution in [3.8, 4) is 5.75 Å². The summed E-state index contributed by atoms with van der Waals surface area (Å²) in [7, 11) is 0. The highest BCUT2D eigenvalue weighted by Gasteiger charge is 2.22. The van der Waals surface area contributed by atoms with Crippen molar-refractivity contribution in [1.29, 1.82) is 0 Å². The van der Waals surface area contributed by atoms with Gasteiger partial charge in [0.2, 0.25) is 6.04 Å². The van der Waals surface area contributed by atoms with Crippen LogP contribution in [0.1, 0.15) is 50.5 Å². The maximum Gasteiger partial charge on any atom is 0.225 e. The fourth-order valence-electron chi connectivity index (χ4n) is 3.52. The van der Waals surface area contributed by atoms with Gasteiger partial charge in [0.1, 0.15) is 5.75 Å². The number of benzene rings is 1. The van der Waals surface area contributed by atoms with Crippen LogP contribution in [-0.2, 0) is 4.74 Å². The quantitative estimate of drug-likeness (QED) is 0.611. The molecule has 0 spiro atoms. The second kappa shape index (κ2) is 10.7. The number of rotatable bonds is 5. The van der Waals surface area contributed by atoms with Crippen molar-refractivity contribution in [2.45, 2.75) is 51.0 Å². The molecule has 2 fully saturated rings. The molecule has 146 valence electrons. The van der Waals surface area contributed by atoms with E-state index in [9.17, 15) is 15.2 Å². The molecule has 1 unspecified atom stereocenters. The molecule has 2 aliphatic rings. The van der Waals surface area contributed by atoms with Crippen LogP contribution in [0.2, 0.25) is 5.02 Å². The van der Waals surface area contributed by atoms with Gasteiger partial charge in [-0.2, -0.15) is 0 Å². The molecule has 0 radical (unpaired) electrons. The molecule has 1 aromatic carbocycles. The smallest absolute Gasteiger partial charge is 0.225 e. The predicted octanol–water partition coefficient (Wildman–Crippen LogP) is 4.08. The van der Waals surface area contributed by atoms with Gasteiger partial charge in [0, 0.05) is 29.5 Å². The Balaban J connectivity index is 0.000000187. The van der Waals surface area contributed by atoms with Crippen LogP contribution in [0.15, 0.2) is 18.2 Å². The topological polar surface area (TPSA) is 75.8 Å². The zero-order valence-corrected chi connectivity index (χ0v) is 16.2. The lowest BCUT2D eigenvalue weighted by atomic mass is 9.97. The highest BCUT2D eigenvalue weighted by Crippen LogP contribution is 2.39. The number of ether oxygens (including phenoxy) is 1. The van der Waals surface area contributed by atoms with Crippen LogP contribution in [0.3, 0.4) is 0 Å². The molecule has 1 atom stereocenters. The predicted molar refractivity (Wildman–Crippen MR) is 103 cm³/mol. The lowest BCUT2D eigenvalue weighted by molar-refractivity contribution is -0.523. The van der Waals surface area contributed by atoms with E-state index < -0.39 is 6.04 Å². The molecule has 3 rings (SSSR count). The minimum Gasteiger partial charge on any atom is -0.508 e. The van der Waals surface area contributed by atoms with Crippen molar-refractivity contribution in [1.82, 2.24) is 4.90 Å². The molecular weight excluding hydrogens is 356 g/mol. The van der Waals surface area contributed by atoms with Gasteiger partial charge in [-0.25, -0.2) is 0 Å². The summed E-state index contributed by atoms with van der Waals surface area (Å²) in [5, 5.41) is 20.9. The van der Waals surface area contributed by atoms with Gasteiger partial charge in [-0.1, -0.05) is 31.4 Å². The highest BCUT2D eigenvalue weighted by molar-refractivity contribution is 6.30. The summed E-state index contributed by atoms with van der Waals surface area (Å²) in [6, 6.07) is 4.90. The van der Waals surface area contributed by atoms with Crippen LogP contribution in [-0.4, -0.2) is 53.8 Å². The van der Waals surface area contributed by atoms with Crippen LogP contribution in [0.25, 0.3) is 0 Å². The van der Waals surface area contributed by atoms with Crippen molar-refractivity contribution >= 4 is 11.6 Å². The number of phenolic OH excluding ortho intramolecular Hbond substituents is 1. The lowest BCUT2D eigenvalue weighted by Crippen LogP contribution is -2.42. The third-order valence-corrected chi connectivity index (χ3v) is 5.36. The molecule has 1 saturated carbocycles. The maximum atomic E-state index is 10.6. The molecule has 1 aliphatic heterocycles. The molecule has 0 amide bonds. The van der Waals surface area contributed by atoms with Gasteiger partial charge in [-0.05, 0) is 42.5 Å². The number of halogens is 1. The SMILES string of the molecule is CCC(CN1CCOCC1)[N+](=O)[O-].Oc1ccc(Cl)cc1C1CCCC1. The Labute approximate surface area is 160 Å². The zero-order chi connectivity index (χ0) is 18.9. The van der Waals surface area contributed by atoms with Crippen molar-refractivity contribution in [3.05, 3.63) is 38.9 Å². The number of morpholine rings is 1. The number of nitro groups is 1. The van der Waals surface area contributed by atoms with Crippen LogP contribution in [0, 0.1) is 10.1 Å². The lowest BCUT2D eigenvalue weighted by Gasteiger charge is -2.27. The van der Waals surface area contributed by atoms with Crippen LogP contribution >= 0.6 is 11.6 Å². The van der Waals surface area contributed by atoms with Gasteiger partial charge in [-0.15, -0.1) is 0 Å².